The molecule has 2 rings (SSSR count). The summed E-state index contributed by atoms with van der Waals surface area (Å²) in [4.78, 5) is 15.1. The van der Waals surface area contributed by atoms with Crippen LogP contribution in [0, 0.1) is 6.92 Å². The van der Waals surface area contributed by atoms with E-state index in [-0.39, 0.29) is 12.2 Å². The van der Waals surface area contributed by atoms with Crippen LogP contribution in [0.2, 0.25) is 0 Å². The standard InChI is InChI=1S/C10H13N5O4/c1-6-11-8(13-19-6)5-15-7(3-4-18-2)9(10(16)17)12-14-15/h3-5H2,1-2H3,(H,16,17). The van der Waals surface area contributed by atoms with Crippen molar-refractivity contribution in [2.75, 3.05) is 13.7 Å². The van der Waals surface area contributed by atoms with Crippen molar-refractivity contribution in [3.05, 3.63) is 23.1 Å². The molecule has 2 aromatic rings. The quantitative estimate of drug-likeness (QED) is 0.771. The number of nitrogens with zero attached hydrogens (tertiary/aromatic N) is 5. The van der Waals surface area contributed by atoms with Crippen LogP contribution in [0.5, 0.6) is 0 Å². The van der Waals surface area contributed by atoms with Gasteiger partial charge >= 0.3 is 5.97 Å². The van der Waals surface area contributed by atoms with E-state index in [2.05, 4.69) is 20.5 Å². The molecule has 0 atom stereocenters. The first-order valence-corrected chi connectivity index (χ1v) is 5.55. The zero-order valence-corrected chi connectivity index (χ0v) is 10.5. The lowest BCUT2D eigenvalue weighted by atomic mass is 10.2. The second kappa shape index (κ2) is 5.57. The maximum Gasteiger partial charge on any atom is 0.358 e. The third-order valence-electron chi connectivity index (χ3n) is 2.44. The van der Waals surface area contributed by atoms with Gasteiger partial charge in [0.2, 0.25) is 5.89 Å². The second-order valence-electron chi connectivity index (χ2n) is 3.82. The average Bonchev–Trinajstić information content (AvgIpc) is 2.94. The highest BCUT2D eigenvalue weighted by Crippen LogP contribution is 2.09. The molecule has 2 aromatic heterocycles. The molecule has 0 aromatic carbocycles. The fourth-order valence-electron chi connectivity index (χ4n) is 1.61. The van der Waals surface area contributed by atoms with Crippen molar-refractivity contribution in [1.29, 1.82) is 0 Å². The van der Waals surface area contributed by atoms with Crippen molar-refractivity contribution in [2.24, 2.45) is 0 Å². The number of carboxylic acid groups (broad SMARTS) is 1. The SMILES string of the molecule is COCCc1c(C(=O)O)nnn1Cc1noc(C)n1. The summed E-state index contributed by atoms with van der Waals surface area (Å²) in [7, 11) is 1.54. The molecule has 2 heterocycles. The zero-order valence-electron chi connectivity index (χ0n) is 10.5. The number of methoxy groups -OCH3 is 1. The van der Waals surface area contributed by atoms with Gasteiger partial charge in [-0.2, -0.15) is 4.98 Å². The van der Waals surface area contributed by atoms with Gasteiger partial charge in [0.15, 0.2) is 11.5 Å². The van der Waals surface area contributed by atoms with Crippen LogP contribution in [0.3, 0.4) is 0 Å². The maximum absolute atomic E-state index is 11.0. The average molecular weight is 267 g/mol. The summed E-state index contributed by atoms with van der Waals surface area (Å²) in [6.45, 7) is 2.25. The van der Waals surface area contributed by atoms with Gasteiger partial charge in [0.25, 0.3) is 0 Å². The Bertz CT molecular complexity index is 576. The molecule has 0 aliphatic carbocycles. The molecule has 0 saturated heterocycles. The molecule has 102 valence electrons. The molecule has 0 bridgehead atoms. The molecule has 19 heavy (non-hydrogen) atoms. The molecular weight excluding hydrogens is 254 g/mol. The summed E-state index contributed by atoms with van der Waals surface area (Å²) in [6, 6.07) is 0. The molecule has 0 aliphatic rings. The Balaban J connectivity index is 2.26. The highest BCUT2D eigenvalue weighted by Gasteiger charge is 2.19. The number of hydrogen-bond acceptors (Lipinski definition) is 7. The van der Waals surface area contributed by atoms with E-state index in [0.29, 0.717) is 30.4 Å². The number of aromatic nitrogens is 5. The Labute approximate surface area is 108 Å². The maximum atomic E-state index is 11.0. The minimum atomic E-state index is -1.12. The highest BCUT2D eigenvalue weighted by molar-refractivity contribution is 5.86. The summed E-state index contributed by atoms with van der Waals surface area (Å²) in [5.41, 5.74) is 0.383. The second-order valence-corrected chi connectivity index (χ2v) is 3.82. The summed E-state index contributed by atoms with van der Waals surface area (Å²) in [5, 5.41) is 20.2. The minimum Gasteiger partial charge on any atom is -0.476 e. The number of hydrogen-bond donors (Lipinski definition) is 1. The van der Waals surface area contributed by atoms with Crippen molar-refractivity contribution in [2.45, 2.75) is 19.9 Å². The van der Waals surface area contributed by atoms with Crippen LogP contribution in [-0.2, 0) is 17.7 Å². The van der Waals surface area contributed by atoms with Gasteiger partial charge in [-0.3, -0.25) is 0 Å². The van der Waals surface area contributed by atoms with E-state index in [0.717, 1.165) is 0 Å². The first-order chi connectivity index (χ1) is 9.11. The molecule has 0 fully saturated rings. The molecule has 0 radical (unpaired) electrons. The molecule has 9 nitrogen and oxygen atoms in total. The fraction of sp³-hybridized carbons (Fsp3) is 0.500. The molecule has 1 N–H and O–H groups in total. The number of carbonyl (C=O) groups is 1. The number of ether oxygens (including phenoxy) is 1. The van der Waals surface area contributed by atoms with E-state index in [9.17, 15) is 4.79 Å². The number of carboxylic acids is 1. The van der Waals surface area contributed by atoms with E-state index in [1.165, 1.54) is 11.8 Å². The van der Waals surface area contributed by atoms with Crippen LogP contribution in [-0.4, -0.2) is 49.9 Å². The van der Waals surface area contributed by atoms with E-state index >= 15 is 0 Å². The lowest BCUT2D eigenvalue weighted by Gasteiger charge is -2.04. The summed E-state index contributed by atoms with van der Waals surface area (Å²) < 4.78 is 11.2. The minimum absolute atomic E-state index is 0.0859. The molecule has 0 unspecified atom stereocenters. The zero-order chi connectivity index (χ0) is 13.8. The van der Waals surface area contributed by atoms with E-state index in [1.807, 2.05) is 0 Å². The number of rotatable bonds is 6. The van der Waals surface area contributed by atoms with E-state index in [1.54, 1.807) is 6.92 Å². The van der Waals surface area contributed by atoms with Gasteiger partial charge < -0.3 is 14.4 Å². The smallest absolute Gasteiger partial charge is 0.358 e. The van der Waals surface area contributed by atoms with Gasteiger partial charge in [0.05, 0.1) is 12.3 Å². The summed E-state index contributed by atoms with van der Waals surface area (Å²) in [5.74, 6) is -0.272. The van der Waals surface area contributed by atoms with Crippen molar-refractivity contribution >= 4 is 5.97 Å². The van der Waals surface area contributed by atoms with Gasteiger partial charge in [-0.15, -0.1) is 5.10 Å². The van der Waals surface area contributed by atoms with Gasteiger partial charge in [-0.05, 0) is 0 Å². The van der Waals surface area contributed by atoms with Gasteiger partial charge in [-0.25, -0.2) is 9.48 Å². The first-order valence-electron chi connectivity index (χ1n) is 5.55. The highest BCUT2D eigenvalue weighted by atomic mass is 16.5. The van der Waals surface area contributed by atoms with Crippen LogP contribution in [0.15, 0.2) is 4.52 Å². The van der Waals surface area contributed by atoms with Crippen molar-refractivity contribution in [3.63, 3.8) is 0 Å². The normalized spacial score (nSPS) is 10.8. The van der Waals surface area contributed by atoms with Gasteiger partial charge in [0, 0.05) is 20.5 Å². The van der Waals surface area contributed by atoms with Crippen LogP contribution < -0.4 is 0 Å². The Morgan fingerprint density at radius 3 is 2.89 bits per heavy atom. The topological polar surface area (TPSA) is 116 Å². The van der Waals surface area contributed by atoms with Crippen LogP contribution in [0.4, 0.5) is 0 Å². The van der Waals surface area contributed by atoms with E-state index < -0.39 is 5.97 Å². The van der Waals surface area contributed by atoms with Crippen molar-refractivity contribution < 1.29 is 19.2 Å². The predicted molar refractivity (Wildman–Crippen MR) is 60.7 cm³/mol. The van der Waals surface area contributed by atoms with E-state index in [4.69, 9.17) is 14.4 Å². The molecule has 0 spiro atoms. The largest absolute Gasteiger partial charge is 0.476 e. The van der Waals surface area contributed by atoms with Gasteiger partial charge in [0.1, 0.15) is 6.54 Å². The molecule has 0 saturated carbocycles. The van der Waals surface area contributed by atoms with Crippen molar-refractivity contribution in [3.8, 4) is 0 Å². The Morgan fingerprint density at radius 1 is 1.53 bits per heavy atom. The number of aromatic carboxylic acids is 1. The Kier molecular flexibility index (Phi) is 3.85. The lowest BCUT2D eigenvalue weighted by Crippen LogP contribution is -2.12. The third kappa shape index (κ3) is 2.94. The molecule has 0 aliphatic heterocycles. The Hall–Kier alpha value is -2.29. The Morgan fingerprint density at radius 2 is 2.32 bits per heavy atom. The first kappa shape index (κ1) is 13.1. The molecule has 0 amide bonds. The van der Waals surface area contributed by atoms with Crippen molar-refractivity contribution in [1.82, 2.24) is 25.1 Å². The number of aryl methyl sites for hydroxylation is 1. The third-order valence-corrected chi connectivity index (χ3v) is 2.44. The van der Waals surface area contributed by atoms with Crippen LogP contribution in [0.25, 0.3) is 0 Å². The summed E-state index contributed by atoms with van der Waals surface area (Å²) in [6.07, 6.45) is 0.391. The summed E-state index contributed by atoms with van der Waals surface area (Å²) >= 11 is 0. The predicted octanol–water partition coefficient (Wildman–Crippen LogP) is -0.0951. The molecule has 9 heteroatoms. The van der Waals surface area contributed by atoms with Crippen LogP contribution >= 0.6 is 0 Å². The van der Waals surface area contributed by atoms with Gasteiger partial charge in [-0.1, -0.05) is 10.4 Å². The monoisotopic (exact) mass is 267 g/mol. The molecular formula is C10H13N5O4. The van der Waals surface area contributed by atoms with Crippen LogP contribution in [0.1, 0.15) is 27.9 Å². The fourth-order valence-corrected chi connectivity index (χ4v) is 1.61. The lowest BCUT2D eigenvalue weighted by molar-refractivity contribution is 0.0688.